The molecular weight excluding hydrogens is 348 g/mol. The van der Waals surface area contributed by atoms with Crippen molar-refractivity contribution in [2.75, 3.05) is 0 Å². The third-order valence-electron chi connectivity index (χ3n) is 2.76. The molecule has 0 aliphatic carbocycles. The molecule has 1 N–H and O–H groups in total. The normalized spacial score (nSPS) is 10.7. The van der Waals surface area contributed by atoms with Gasteiger partial charge in [-0.2, -0.15) is 5.10 Å². The number of amides is 1. The standard InChI is InChI=1S/C14H8Cl2FN3O3/c15-10-2-1-3-12(17)9(10)7-18-19-14(21)8-4-5-11(16)13(6-8)20(22)23/h1-7H,(H,19,21)/b18-7-. The Morgan fingerprint density at radius 3 is 2.65 bits per heavy atom. The summed E-state index contributed by atoms with van der Waals surface area (Å²) in [5.41, 5.74) is 1.72. The Bertz CT molecular complexity index is 792. The highest BCUT2D eigenvalue weighted by atomic mass is 35.5. The number of benzene rings is 2. The van der Waals surface area contributed by atoms with Gasteiger partial charge in [-0.1, -0.05) is 29.3 Å². The summed E-state index contributed by atoms with van der Waals surface area (Å²) in [6.45, 7) is 0. The molecule has 0 saturated carbocycles. The van der Waals surface area contributed by atoms with Gasteiger partial charge in [-0.15, -0.1) is 0 Å². The number of nitrogens with one attached hydrogen (secondary N) is 1. The third-order valence-corrected chi connectivity index (χ3v) is 3.41. The van der Waals surface area contributed by atoms with Crippen molar-refractivity contribution < 1.29 is 14.1 Å². The predicted octanol–water partition coefficient (Wildman–Crippen LogP) is 3.80. The monoisotopic (exact) mass is 355 g/mol. The Hall–Kier alpha value is -2.51. The van der Waals surface area contributed by atoms with Crippen molar-refractivity contribution in [1.82, 2.24) is 5.43 Å². The van der Waals surface area contributed by atoms with Gasteiger partial charge < -0.3 is 0 Å². The first kappa shape index (κ1) is 16.9. The molecule has 1 amide bonds. The number of halogens is 3. The van der Waals surface area contributed by atoms with Gasteiger partial charge in [0.15, 0.2) is 0 Å². The van der Waals surface area contributed by atoms with Crippen molar-refractivity contribution in [3.05, 3.63) is 73.5 Å². The highest BCUT2D eigenvalue weighted by Crippen LogP contribution is 2.25. The van der Waals surface area contributed by atoms with Crippen molar-refractivity contribution in [3.63, 3.8) is 0 Å². The van der Waals surface area contributed by atoms with Crippen LogP contribution in [0, 0.1) is 15.9 Å². The van der Waals surface area contributed by atoms with Crippen LogP contribution in [0.5, 0.6) is 0 Å². The highest BCUT2D eigenvalue weighted by molar-refractivity contribution is 6.33. The second kappa shape index (κ2) is 7.17. The number of carbonyl (C=O) groups excluding carboxylic acids is 1. The van der Waals surface area contributed by atoms with Crippen molar-refractivity contribution in [2.24, 2.45) is 5.10 Å². The average molecular weight is 356 g/mol. The first-order chi connectivity index (χ1) is 10.9. The van der Waals surface area contributed by atoms with Gasteiger partial charge in [0.2, 0.25) is 0 Å². The lowest BCUT2D eigenvalue weighted by Gasteiger charge is -2.02. The molecule has 23 heavy (non-hydrogen) atoms. The molecule has 0 spiro atoms. The zero-order chi connectivity index (χ0) is 17.0. The number of nitrogens with zero attached hydrogens (tertiary/aromatic N) is 2. The van der Waals surface area contributed by atoms with Crippen molar-refractivity contribution in [3.8, 4) is 0 Å². The molecule has 0 aromatic heterocycles. The van der Waals surface area contributed by atoms with E-state index in [1.807, 2.05) is 0 Å². The van der Waals surface area contributed by atoms with Gasteiger partial charge in [0, 0.05) is 17.2 Å². The highest BCUT2D eigenvalue weighted by Gasteiger charge is 2.16. The molecule has 2 rings (SSSR count). The van der Waals surface area contributed by atoms with Crippen LogP contribution in [0.3, 0.4) is 0 Å². The lowest BCUT2D eigenvalue weighted by atomic mass is 10.2. The first-order valence-electron chi connectivity index (χ1n) is 6.11. The molecule has 9 heteroatoms. The van der Waals surface area contributed by atoms with Crippen LogP contribution in [-0.2, 0) is 0 Å². The lowest BCUT2D eigenvalue weighted by Crippen LogP contribution is -2.17. The number of nitro benzene ring substituents is 1. The van der Waals surface area contributed by atoms with E-state index in [1.54, 1.807) is 0 Å². The second-order valence-corrected chi connectivity index (χ2v) is 5.07. The minimum Gasteiger partial charge on any atom is -0.267 e. The van der Waals surface area contributed by atoms with Gasteiger partial charge in [0.05, 0.1) is 16.2 Å². The Morgan fingerprint density at radius 2 is 2.00 bits per heavy atom. The fourth-order valence-electron chi connectivity index (χ4n) is 1.65. The van der Waals surface area contributed by atoms with E-state index in [0.29, 0.717) is 0 Å². The molecule has 0 aliphatic heterocycles. The summed E-state index contributed by atoms with van der Waals surface area (Å²) in [4.78, 5) is 21.9. The van der Waals surface area contributed by atoms with Crippen LogP contribution >= 0.6 is 23.2 Å². The van der Waals surface area contributed by atoms with E-state index in [1.165, 1.54) is 30.3 Å². The van der Waals surface area contributed by atoms with E-state index in [4.69, 9.17) is 23.2 Å². The molecule has 2 aromatic rings. The van der Waals surface area contributed by atoms with E-state index in [-0.39, 0.29) is 21.2 Å². The summed E-state index contributed by atoms with van der Waals surface area (Å²) in [6.07, 6.45) is 1.04. The molecule has 0 atom stereocenters. The molecule has 0 unspecified atom stereocenters. The predicted molar refractivity (Wildman–Crippen MR) is 84.6 cm³/mol. The van der Waals surface area contributed by atoms with Crippen molar-refractivity contribution in [1.29, 1.82) is 0 Å². The molecule has 0 saturated heterocycles. The maximum atomic E-state index is 13.5. The zero-order valence-corrected chi connectivity index (χ0v) is 12.8. The number of carbonyl (C=O) groups is 1. The molecule has 118 valence electrons. The average Bonchev–Trinajstić information content (AvgIpc) is 2.50. The van der Waals surface area contributed by atoms with Crippen LogP contribution in [0.1, 0.15) is 15.9 Å². The zero-order valence-electron chi connectivity index (χ0n) is 11.3. The summed E-state index contributed by atoms with van der Waals surface area (Å²) >= 11 is 11.5. The summed E-state index contributed by atoms with van der Waals surface area (Å²) in [7, 11) is 0. The maximum absolute atomic E-state index is 13.5. The van der Waals surface area contributed by atoms with Crippen LogP contribution in [0.4, 0.5) is 10.1 Å². The van der Waals surface area contributed by atoms with Crippen LogP contribution in [0.15, 0.2) is 41.5 Å². The molecular formula is C14H8Cl2FN3O3. The van der Waals surface area contributed by atoms with Crippen LogP contribution in [-0.4, -0.2) is 17.0 Å². The number of nitro groups is 1. The van der Waals surface area contributed by atoms with Gasteiger partial charge in [-0.05, 0) is 24.3 Å². The van der Waals surface area contributed by atoms with Gasteiger partial charge in [-0.25, -0.2) is 9.82 Å². The molecule has 0 fully saturated rings. The smallest absolute Gasteiger partial charge is 0.267 e. The van der Waals surface area contributed by atoms with Crippen LogP contribution < -0.4 is 5.43 Å². The van der Waals surface area contributed by atoms with Crippen LogP contribution in [0.25, 0.3) is 0 Å². The Morgan fingerprint density at radius 1 is 1.26 bits per heavy atom. The Balaban J connectivity index is 2.15. The summed E-state index contributed by atoms with van der Waals surface area (Å²) in [5, 5.41) is 14.4. The number of hydrazone groups is 1. The number of hydrogen-bond acceptors (Lipinski definition) is 4. The Labute approximate surface area is 139 Å². The molecule has 0 radical (unpaired) electrons. The SMILES string of the molecule is O=C(N/N=C\c1c(F)cccc1Cl)c1ccc(Cl)c([N+](=O)[O-])c1. The number of rotatable bonds is 4. The van der Waals surface area contributed by atoms with Crippen molar-refractivity contribution in [2.45, 2.75) is 0 Å². The summed E-state index contributed by atoms with van der Waals surface area (Å²) < 4.78 is 13.5. The summed E-state index contributed by atoms with van der Waals surface area (Å²) in [5.74, 6) is -1.31. The minimum absolute atomic E-state index is 0.0107. The fraction of sp³-hybridized carbons (Fsp3) is 0. The summed E-state index contributed by atoms with van der Waals surface area (Å²) in [6, 6.07) is 7.64. The van der Waals surface area contributed by atoms with Gasteiger partial charge in [-0.3, -0.25) is 14.9 Å². The maximum Gasteiger partial charge on any atom is 0.288 e. The van der Waals surface area contributed by atoms with E-state index in [2.05, 4.69) is 10.5 Å². The molecule has 0 bridgehead atoms. The van der Waals surface area contributed by atoms with Gasteiger partial charge >= 0.3 is 0 Å². The fourth-order valence-corrected chi connectivity index (χ4v) is 2.05. The largest absolute Gasteiger partial charge is 0.288 e. The van der Waals surface area contributed by atoms with Gasteiger partial charge in [0.1, 0.15) is 10.8 Å². The third kappa shape index (κ3) is 4.02. The topological polar surface area (TPSA) is 84.6 Å². The van der Waals surface area contributed by atoms with E-state index in [9.17, 15) is 19.3 Å². The quantitative estimate of drug-likeness (QED) is 0.514. The molecule has 0 heterocycles. The van der Waals surface area contributed by atoms with Crippen LogP contribution in [0.2, 0.25) is 10.0 Å². The molecule has 2 aromatic carbocycles. The molecule has 6 nitrogen and oxygen atoms in total. The van der Waals surface area contributed by atoms with E-state index in [0.717, 1.165) is 12.3 Å². The molecule has 0 aliphatic rings. The second-order valence-electron chi connectivity index (χ2n) is 4.26. The van der Waals surface area contributed by atoms with Crippen molar-refractivity contribution >= 4 is 41.0 Å². The Kier molecular flexibility index (Phi) is 5.25. The minimum atomic E-state index is -0.714. The lowest BCUT2D eigenvalue weighted by molar-refractivity contribution is -0.384. The van der Waals surface area contributed by atoms with E-state index < -0.39 is 22.3 Å². The van der Waals surface area contributed by atoms with Gasteiger partial charge in [0.25, 0.3) is 11.6 Å². The van der Waals surface area contributed by atoms with E-state index >= 15 is 0 Å². The number of hydrogen-bond donors (Lipinski definition) is 1. The first-order valence-corrected chi connectivity index (χ1v) is 6.87.